The minimum absolute atomic E-state index is 0.155. The van der Waals surface area contributed by atoms with Crippen molar-refractivity contribution in [3.05, 3.63) is 52.6 Å². The molecule has 2 aliphatic heterocycles. The van der Waals surface area contributed by atoms with Crippen molar-refractivity contribution >= 4 is 17.8 Å². The van der Waals surface area contributed by atoms with Crippen LogP contribution in [0.5, 0.6) is 0 Å². The van der Waals surface area contributed by atoms with Gasteiger partial charge in [0.25, 0.3) is 0 Å². The van der Waals surface area contributed by atoms with Crippen molar-refractivity contribution < 1.29 is 9.59 Å². The number of hydrogen-bond acceptors (Lipinski definition) is 7. The summed E-state index contributed by atoms with van der Waals surface area (Å²) in [4.78, 5) is 48.2. The number of carbonyl (C=O) groups is 2. The molecule has 5 N–H and O–H groups in total. The maximum atomic E-state index is 12.9. The van der Waals surface area contributed by atoms with Gasteiger partial charge in [-0.15, -0.1) is 0 Å². The van der Waals surface area contributed by atoms with E-state index < -0.39 is 16.8 Å². The fourth-order valence-corrected chi connectivity index (χ4v) is 5.04. The summed E-state index contributed by atoms with van der Waals surface area (Å²) in [6.07, 6.45) is 3.64. The lowest BCUT2D eigenvalue weighted by atomic mass is 9.94. The number of nitrogens with zero attached hydrogens (tertiary/aromatic N) is 5. The number of benzene rings is 1. The minimum Gasteiger partial charge on any atom is -0.332 e. The second-order valence-corrected chi connectivity index (χ2v) is 11.6. The van der Waals surface area contributed by atoms with Gasteiger partial charge in [-0.25, -0.2) is 9.59 Å². The van der Waals surface area contributed by atoms with E-state index in [1.165, 1.54) is 10.1 Å². The van der Waals surface area contributed by atoms with Gasteiger partial charge in [0, 0.05) is 38.4 Å². The fraction of sp³-hybridized carbons (Fsp3) is 0.556. The molecule has 1 aromatic heterocycles. The van der Waals surface area contributed by atoms with Crippen molar-refractivity contribution in [3.63, 3.8) is 0 Å². The van der Waals surface area contributed by atoms with Crippen molar-refractivity contribution in [3.8, 4) is 5.69 Å². The maximum Gasteiger partial charge on any atom is 0.354 e. The zero-order chi connectivity index (χ0) is 27.7. The SMILES string of the molecule is CC(C)(N)C(=O)N1CCN(C(=O)Nc2ccn(-c3ccc(CN4CCC(N)CC4)cc3)c(=O)n2)CC1(C)C. The molecular weight excluding hydrogens is 484 g/mol. The van der Waals surface area contributed by atoms with Crippen LogP contribution in [0, 0.1) is 0 Å². The van der Waals surface area contributed by atoms with Crippen LogP contribution in [-0.2, 0) is 11.3 Å². The van der Waals surface area contributed by atoms with Crippen LogP contribution in [0.25, 0.3) is 5.69 Å². The molecule has 38 heavy (non-hydrogen) atoms. The molecule has 4 rings (SSSR count). The largest absolute Gasteiger partial charge is 0.354 e. The van der Waals surface area contributed by atoms with Crippen molar-refractivity contribution in [2.75, 3.05) is 38.0 Å². The molecule has 0 unspecified atom stereocenters. The standard InChI is InChI=1S/C27H40N8O3/c1-26(2)18-33(15-16-35(26)23(36)27(3,4)29)24(37)30-22-11-14-34(25(38)31-22)21-7-5-19(6-8-21)17-32-12-9-20(28)10-13-32/h5-8,11,14,20H,9-10,12-13,15-18,28-29H2,1-4H3,(H,30,31,37,38). The number of nitrogens with one attached hydrogen (secondary N) is 1. The average molecular weight is 525 g/mol. The topological polar surface area (TPSA) is 143 Å². The van der Waals surface area contributed by atoms with Crippen LogP contribution in [0.15, 0.2) is 41.3 Å². The predicted molar refractivity (Wildman–Crippen MR) is 147 cm³/mol. The van der Waals surface area contributed by atoms with E-state index in [0.717, 1.165) is 32.5 Å². The molecule has 2 saturated heterocycles. The molecule has 11 nitrogen and oxygen atoms in total. The number of likely N-dealkylation sites (tertiary alicyclic amines) is 1. The van der Waals surface area contributed by atoms with E-state index in [9.17, 15) is 14.4 Å². The Morgan fingerprint density at radius 2 is 1.74 bits per heavy atom. The Labute approximate surface area is 223 Å². The number of hydrogen-bond donors (Lipinski definition) is 3. The first-order chi connectivity index (χ1) is 17.8. The van der Waals surface area contributed by atoms with Crippen molar-refractivity contribution in [1.82, 2.24) is 24.3 Å². The van der Waals surface area contributed by atoms with Crippen LogP contribution in [0.4, 0.5) is 10.6 Å². The molecule has 206 valence electrons. The number of urea groups is 1. The Kier molecular flexibility index (Phi) is 7.91. The number of rotatable bonds is 5. The predicted octanol–water partition coefficient (Wildman–Crippen LogP) is 1.35. The molecule has 2 aromatic rings. The van der Waals surface area contributed by atoms with Crippen LogP contribution in [-0.4, -0.2) is 86.0 Å². The first kappa shape index (κ1) is 27.7. The third-order valence-electron chi connectivity index (χ3n) is 7.28. The lowest BCUT2D eigenvalue weighted by Crippen LogP contribution is -2.66. The van der Waals surface area contributed by atoms with Crippen LogP contribution in [0.2, 0.25) is 0 Å². The Balaban J connectivity index is 1.37. The molecule has 0 saturated carbocycles. The zero-order valence-corrected chi connectivity index (χ0v) is 22.8. The third-order valence-corrected chi connectivity index (χ3v) is 7.28. The van der Waals surface area contributed by atoms with Crippen molar-refractivity contribution in [2.45, 2.75) is 64.2 Å². The Morgan fingerprint density at radius 3 is 2.32 bits per heavy atom. The van der Waals surface area contributed by atoms with E-state index in [1.807, 2.05) is 38.1 Å². The van der Waals surface area contributed by atoms with E-state index >= 15 is 0 Å². The molecule has 2 aliphatic rings. The quantitative estimate of drug-likeness (QED) is 0.536. The van der Waals surface area contributed by atoms with Gasteiger partial charge in [-0.05, 0) is 77.4 Å². The summed E-state index contributed by atoms with van der Waals surface area (Å²) in [5.41, 5.74) is 11.8. The number of piperazine rings is 1. The van der Waals surface area contributed by atoms with Gasteiger partial charge in [-0.2, -0.15) is 4.98 Å². The van der Waals surface area contributed by atoms with Gasteiger partial charge < -0.3 is 21.3 Å². The number of amides is 3. The monoisotopic (exact) mass is 524 g/mol. The molecule has 0 bridgehead atoms. The Hall–Kier alpha value is -3.28. The number of anilines is 1. The van der Waals surface area contributed by atoms with E-state index in [2.05, 4.69) is 15.2 Å². The van der Waals surface area contributed by atoms with Crippen molar-refractivity contribution in [2.24, 2.45) is 11.5 Å². The number of aromatic nitrogens is 2. The van der Waals surface area contributed by atoms with Gasteiger partial charge in [0.1, 0.15) is 5.82 Å². The molecule has 3 amide bonds. The second-order valence-electron chi connectivity index (χ2n) is 11.6. The van der Waals surface area contributed by atoms with Crippen LogP contribution >= 0.6 is 0 Å². The highest BCUT2D eigenvalue weighted by molar-refractivity contribution is 5.89. The maximum absolute atomic E-state index is 12.9. The summed E-state index contributed by atoms with van der Waals surface area (Å²) in [7, 11) is 0. The van der Waals surface area contributed by atoms with Crippen LogP contribution in [0.1, 0.15) is 46.1 Å². The highest BCUT2D eigenvalue weighted by Crippen LogP contribution is 2.24. The smallest absolute Gasteiger partial charge is 0.332 e. The first-order valence-electron chi connectivity index (χ1n) is 13.2. The summed E-state index contributed by atoms with van der Waals surface area (Å²) in [6, 6.07) is 9.37. The summed E-state index contributed by atoms with van der Waals surface area (Å²) in [5, 5.41) is 2.72. The molecule has 2 fully saturated rings. The van der Waals surface area contributed by atoms with Gasteiger partial charge in [-0.1, -0.05) is 12.1 Å². The second kappa shape index (κ2) is 10.8. The lowest BCUT2D eigenvalue weighted by molar-refractivity contribution is -0.144. The number of nitrogens with two attached hydrogens (primary N) is 2. The third kappa shape index (κ3) is 6.40. The van der Waals surface area contributed by atoms with E-state index in [1.54, 1.807) is 35.9 Å². The first-order valence-corrected chi connectivity index (χ1v) is 13.2. The highest BCUT2D eigenvalue weighted by atomic mass is 16.2. The molecule has 0 radical (unpaired) electrons. The summed E-state index contributed by atoms with van der Waals surface area (Å²) in [5.74, 6) is 0.0210. The fourth-order valence-electron chi connectivity index (χ4n) is 5.04. The minimum atomic E-state index is -0.988. The Bertz CT molecular complexity index is 1210. The lowest BCUT2D eigenvalue weighted by Gasteiger charge is -2.48. The van der Waals surface area contributed by atoms with Crippen molar-refractivity contribution in [1.29, 1.82) is 0 Å². The molecule has 0 spiro atoms. The van der Waals surface area contributed by atoms with E-state index in [-0.39, 0.29) is 17.8 Å². The summed E-state index contributed by atoms with van der Waals surface area (Å²) < 4.78 is 1.45. The summed E-state index contributed by atoms with van der Waals surface area (Å²) in [6.45, 7) is 11.1. The number of carbonyl (C=O) groups excluding carboxylic acids is 2. The van der Waals surface area contributed by atoms with Gasteiger partial charge in [0.2, 0.25) is 5.91 Å². The molecule has 0 atom stereocenters. The molecule has 0 aliphatic carbocycles. The van der Waals surface area contributed by atoms with Gasteiger partial charge in [-0.3, -0.25) is 19.6 Å². The normalized spacial score (nSPS) is 18.9. The Morgan fingerprint density at radius 1 is 1.08 bits per heavy atom. The highest BCUT2D eigenvalue weighted by Gasteiger charge is 2.42. The van der Waals surface area contributed by atoms with Gasteiger partial charge in [0.05, 0.1) is 16.8 Å². The average Bonchev–Trinajstić information content (AvgIpc) is 2.84. The molecule has 1 aromatic carbocycles. The molecular formula is C27H40N8O3. The summed E-state index contributed by atoms with van der Waals surface area (Å²) >= 11 is 0. The molecule has 11 heteroatoms. The van der Waals surface area contributed by atoms with E-state index in [0.29, 0.717) is 31.4 Å². The zero-order valence-electron chi connectivity index (χ0n) is 22.8. The van der Waals surface area contributed by atoms with Crippen LogP contribution in [0.3, 0.4) is 0 Å². The molecule has 3 heterocycles. The van der Waals surface area contributed by atoms with Gasteiger partial charge in [0.15, 0.2) is 0 Å². The van der Waals surface area contributed by atoms with Gasteiger partial charge >= 0.3 is 11.7 Å². The van der Waals surface area contributed by atoms with Crippen LogP contribution < -0.4 is 22.5 Å². The number of piperidine rings is 1. The van der Waals surface area contributed by atoms with E-state index in [4.69, 9.17) is 11.5 Å².